The maximum atomic E-state index is 12.4. The van der Waals surface area contributed by atoms with Crippen LogP contribution in [0.1, 0.15) is 64.2 Å². The Morgan fingerprint density at radius 3 is 3.00 bits per heavy atom. The lowest BCUT2D eigenvalue weighted by molar-refractivity contribution is -0.0331. The van der Waals surface area contributed by atoms with Crippen molar-refractivity contribution in [3.8, 4) is 0 Å². The van der Waals surface area contributed by atoms with Crippen LogP contribution in [0.15, 0.2) is 6.33 Å². The van der Waals surface area contributed by atoms with Crippen molar-refractivity contribution < 1.29 is 9.53 Å². The van der Waals surface area contributed by atoms with Crippen LogP contribution in [0.25, 0.3) is 0 Å². The molecule has 0 unspecified atom stereocenters. The van der Waals surface area contributed by atoms with Gasteiger partial charge in [0, 0.05) is 19.2 Å². The molecule has 3 heterocycles. The molecule has 2 amide bonds. The van der Waals surface area contributed by atoms with E-state index in [1.165, 1.54) is 0 Å². The highest BCUT2D eigenvalue weighted by atomic mass is 16.5. The largest absolute Gasteiger partial charge is 0.378 e. The lowest BCUT2D eigenvalue weighted by atomic mass is 9.89. The van der Waals surface area contributed by atoms with Gasteiger partial charge in [0.1, 0.15) is 12.2 Å². The van der Waals surface area contributed by atoms with Crippen molar-refractivity contribution in [2.45, 2.75) is 77.1 Å². The Labute approximate surface area is 143 Å². The van der Waals surface area contributed by atoms with Crippen LogP contribution in [0.2, 0.25) is 0 Å². The van der Waals surface area contributed by atoms with Crippen molar-refractivity contribution in [1.29, 1.82) is 0 Å². The molecule has 0 aliphatic carbocycles. The molecule has 3 atom stereocenters. The van der Waals surface area contributed by atoms with Gasteiger partial charge in [-0.3, -0.25) is 0 Å². The minimum Gasteiger partial charge on any atom is -0.378 e. The number of hydrogen-bond donors (Lipinski definition) is 2. The molecule has 1 aromatic heterocycles. The second-order valence-corrected chi connectivity index (χ2v) is 6.86. The zero-order chi connectivity index (χ0) is 16.9. The molecule has 1 saturated heterocycles. The number of aryl methyl sites for hydroxylation is 1. The Morgan fingerprint density at radius 1 is 1.38 bits per heavy atom. The number of amides is 2. The SMILES string of the molecule is CCC(CC)[C@@H]1C[C@@H](NC(=O)N[C@@H]2CCCn3ncnc32)CCO1. The van der Waals surface area contributed by atoms with E-state index in [2.05, 4.69) is 34.6 Å². The first-order valence-electron chi connectivity index (χ1n) is 9.27. The van der Waals surface area contributed by atoms with Crippen LogP contribution in [0.5, 0.6) is 0 Å². The number of carbonyl (C=O) groups excluding carboxylic acids is 1. The number of fused-ring (bicyclic) bond motifs is 1. The van der Waals surface area contributed by atoms with Gasteiger partial charge in [0.25, 0.3) is 0 Å². The highest BCUT2D eigenvalue weighted by Crippen LogP contribution is 2.25. The summed E-state index contributed by atoms with van der Waals surface area (Å²) in [5, 5.41) is 10.4. The molecular weight excluding hydrogens is 306 g/mol. The third-order valence-corrected chi connectivity index (χ3v) is 5.35. The number of hydrogen-bond acceptors (Lipinski definition) is 4. The van der Waals surface area contributed by atoms with Gasteiger partial charge in [-0.25, -0.2) is 14.5 Å². The Hall–Kier alpha value is -1.63. The first kappa shape index (κ1) is 17.2. The fourth-order valence-corrected chi connectivity index (χ4v) is 3.91. The van der Waals surface area contributed by atoms with Crippen LogP contribution in [-0.4, -0.2) is 39.5 Å². The number of nitrogens with zero attached hydrogens (tertiary/aromatic N) is 3. The van der Waals surface area contributed by atoms with E-state index in [4.69, 9.17) is 4.74 Å². The Morgan fingerprint density at radius 2 is 2.21 bits per heavy atom. The number of aromatic nitrogens is 3. The topological polar surface area (TPSA) is 81.1 Å². The quantitative estimate of drug-likeness (QED) is 0.866. The summed E-state index contributed by atoms with van der Waals surface area (Å²) in [5.41, 5.74) is 0. The summed E-state index contributed by atoms with van der Waals surface area (Å²) >= 11 is 0. The third-order valence-electron chi connectivity index (χ3n) is 5.35. The van der Waals surface area contributed by atoms with Gasteiger partial charge in [-0.1, -0.05) is 26.7 Å². The van der Waals surface area contributed by atoms with E-state index in [0.717, 1.165) is 57.5 Å². The van der Waals surface area contributed by atoms with E-state index in [1.807, 2.05) is 4.68 Å². The number of ether oxygens (including phenoxy) is 1. The zero-order valence-electron chi connectivity index (χ0n) is 14.7. The van der Waals surface area contributed by atoms with Crippen LogP contribution in [0.4, 0.5) is 4.79 Å². The maximum absolute atomic E-state index is 12.4. The maximum Gasteiger partial charge on any atom is 0.315 e. The zero-order valence-corrected chi connectivity index (χ0v) is 14.7. The Balaban J connectivity index is 1.52. The molecular formula is C17H29N5O2. The van der Waals surface area contributed by atoms with Gasteiger partial charge in [-0.2, -0.15) is 5.10 Å². The van der Waals surface area contributed by atoms with Crippen molar-refractivity contribution in [3.05, 3.63) is 12.2 Å². The molecule has 2 N–H and O–H groups in total. The molecule has 7 heteroatoms. The number of urea groups is 1. The molecule has 24 heavy (non-hydrogen) atoms. The smallest absolute Gasteiger partial charge is 0.315 e. The fraction of sp³-hybridized carbons (Fsp3) is 0.824. The first-order chi connectivity index (χ1) is 11.7. The van der Waals surface area contributed by atoms with E-state index < -0.39 is 0 Å². The predicted octanol–water partition coefficient (Wildman–Crippen LogP) is 2.40. The lowest BCUT2D eigenvalue weighted by Gasteiger charge is -2.34. The lowest BCUT2D eigenvalue weighted by Crippen LogP contribution is -2.48. The third kappa shape index (κ3) is 3.88. The highest BCUT2D eigenvalue weighted by molar-refractivity contribution is 5.74. The molecule has 3 rings (SSSR count). The van der Waals surface area contributed by atoms with Crippen LogP contribution >= 0.6 is 0 Å². The van der Waals surface area contributed by atoms with Crippen molar-refractivity contribution in [2.75, 3.05) is 6.61 Å². The van der Waals surface area contributed by atoms with Crippen LogP contribution in [0.3, 0.4) is 0 Å². The van der Waals surface area contributed by atoms with Crippen LogP contribution in [0, 0.1) is 5.92 Å². The van der Waals surface area contributed by atoms with Crippen LogP contribution in [-0.2, 0) is 11.3 Å². The molecule has 2 aliphatic rings. The first-order valence-corrected chi connectivity index (χ1v) is 9.27. The molecule has 0 saturated carbocycles. The van der Waals surface area contributed by atoms with Gasteiger partial charge < -0.3 is 15.4 Å². The van der Waals surface area contributed by atoms with E-state index in [-0.39, 0.29) is 24.2 Å². The Bertz CT molecular complexity index is 543. The second kappa shape index (κ2) is 7.96. The van der Waals surface area contributed by atoms with Crippen LogP contribution < -0.4 is 10.6 Å². The molecule has 1 aromatic rings. The highest BCUT2D eigenvalue weighted by Gasteiger charge is 2.29. The average Bonchev–Trinajstić information content (AvgIpc) is 3.06. The van der Waals surface area contributed by atoms with E-state index in [1.54, 1.807) is 6.33 Å². The Kier molecular flexibility index (Phi) is 5.71. The molecule has 0 aromatic carbocycles. The number of carbonyl (C=O) groups is 1. The molecule has 1 fully saturated rings. The minimum atomic E-state index is -0.105. The normalized spacial score (nSPS) is 26.9. The number of rotatable bonds is 5. The molecule has 0 radical (unpaired) electrons. The van der Waals surface area contributed by atoms with E-state index >= 15 is 0 Å². The van der Waals surface area contributed by atoms with Crippen molar-refractivity contribution in [3.63, 3.8) is 0 Å². The van der Waals surface area contributed by atoms with Gasteiger partial charge >= 0.3 is 6.03 Å². The molecule has 7 nitrogen and oxygen atoms in total. The molecule has 134 valence electrons. The van der Waals surface area contributed by atoms with Gasteiger partial charge in [-0.05, 0) is 31.6 Å². The summed E-state index contributed by atoms with van der Waals surface area (Å²) in [6.07, 6.45) is 7.77. The molecule has 0 spiro atoms. The molecule has 0 bridgehead atoms. The fourth-order valence-electron chi connectivity index (χ4n) is 3.91. The van der Waals surface area contributed by atoms with Gasteiger partial charge in [0.15, 0.2) is 0 Å². The average molecular weight is 335 g/mol. The minimum absolute atomic E-state index is 0.0454. The summed E-state index contributed by atoms with van der Waals surface area (Å²) in [6.45, 7) is 6.02. The second-order valence-electron chi connectivity index (χ2n) is 6.86. The summed E-state index contributed by atoms with van der Waals surface area (Å²) in [5.74, 6) is 1.44. The van der Waals surface area contributed by atoms with Crippen molar-refractivity contribution in [2.24, 2.45) is 5.92 Å². The summed E-state index contributed by atoms with van der Waals surface area (Å²) in [4.78, 5) is 16.7. The summed E-state index contributed by atoms with van der Waals surface area (Å²) in [7, 11) is 0. The predicted molar refractivity (Wildman–Crippen MR) is 90.5 cm³/mol. The number of nitrogens with one attached hydrogen (secondary N) is 2. The van der Waals surface area contributed by atoms with Crippen molar-refractivity contribution in [1.82, 2.24) is 25.4 Å². The molecule has 2 aliphatic heterocycles. The van der Waals surface area contributed by atoms with E-state index in [0.29, 0.717) is 5.92 Å². The van der Waals surface area contributed by atoms with Gasteiger partial charge in [0.2, 0.25) is 0 Å². The van der Waals surface area contributed by atoms with E-state index in [9.17, 15) is 4.79 Å². The van der Waals surface area contributed by atoms with Gasteiger partial charge in [0.05, 0.1) is 12.1 Å². The standard InChI is InChI=1S/C17H29N5O2/c1-3-12(4-2)15-10-13(7-9-24-15)20-17(23)21-14-6-5-8-22-16(14)18-11-19-22/h11-15H,3-10H2,1-2H3,(H2,20,21,23)/t13-,14+,15-/m0/s1. The van der Waals surface area contributed by atoms with Gasteiger partial charge in [-0.15, -0.1) is 0 Å². The summed E-state index contributed by atoms with van der Waals surface area (Å²) in [6, 6.07) is 0.0355. The summed E-state index contributed by atoms with van der Waals surface area (Å²) < 4.78 is 7.81. The monoisotopic (exact) mass is 335 g/mol. The van der Waals surface area contributed by atoms with Crippen molar-refractivity contribution >= 4 is 6.03 Å².